The smallest absolute Gasteiger partial charge is 0.0829 e. The van der Waals surface area contributed by atoms with Crippen molar-refractivity contribution in [1.82, 2.24) is 9.80 Å². The normalized spacial score (nSPS) is 23.2. The van der Waals surface area contributed by atoms with Crippen LogP contribution >= 0.6 is 15.9 Å². The highest BCUT2D eigenvalue weighted by atomic mass is 79.9. The topological polar surface area (TPSA) is 15.7 Å². The number of hydrogen-bond acceptors (Lipinski definition) is 3. The minimum absolute atomic E-state index is 0.386. The summed E-state index contributed by atoms with van der Waals surface area (Å²) in [6.07, 6.45) is 1.59. The van der Waals surface area contributed by atoms with Gasteiger partial charge in [-0.3, -0.25) is 4.90 Å². The number of likely N-dealkylation sites (N-methyl/N-ethyl adjacent to an activating group) is 1. The monoisotopic (exact) mass is 292 g/mol. The maximum absolute atomic E-state index is 5.81. The summed E-state index contributed by atoms with van der Waals surface area (Å²) in [7, 11) is 2.17. The van der Waals surface area contributed by atoms with Gasteiger partial charge in [0.2, 0.25) is 0 Å². The van der Waals surface area contributed by atoms with Crippen LogP contribution in [0.2, 0.25) is 0 Å². The molecule has 0 aliphatic carbocycles. The first-order valence-corrected chi connectivity index (χ1v) is 7.35. The van der Waals surface area contributed by atoms with E-state index in [1.807, 2.05) is 0 Å². The highest BCUT2D eigenvalue weighted by Crippen LogP contribution is 2.09. The fourth-order valence-corrected chi connectivity index (χ4v) is 2.31. The fraction of sp³-hybridized carbons (Fsp3) is 1.00. The molecular formula is C12H25BrN2O. The van der Waals surface area contributed by atoms with Gasteiger partial charge in [-0.25, -0.2) is 0 Å². The molecule has 96 valence electrons. The molecule has 3 nitrogen and oxygen atoms in total. The largest absolute Gasteiger partial charge is 0.374 e. The number of nitrogens with zero attached hydrogens (tertiary/aromatic N) is 2. The third-order valence-electron chi connectivity index (χ3n) is 3.09. The van der Waals surface area contributed by atoms with Crippen molar-refractivity contribution in [2.24, 2.45) is 0 Å². The van der Waals surface area contributed by atoms with Gasteiger partial charge in [0.05, 0.1) is 12.7 Å². The summed E-state index contributed by atoms with van der Waals surface area (Å²) in [6, 6.07) is 0.606. The highest BCUT2D eigenvalue weighted by Gasteiger charge is 2.21. The van der Waals surface area contributed by atoms with E-state index < -0.39 is 0 Å². The zero-order valence-corrected chi connectivity index (χ0v) is 12.4. The van der Waals surface area contributed by atoms with E-state index in [1.165, 1.54) is 6.42 Å². The molecule has 0 saturated carbocycles. The van der Waals surface area contributed by atoms with Crippen LogP contribution in [0.5, 0.6) is 0 Å². The van der Waals surface area contributed by atoms with Crippen molar-refractivity contribution < 1.29 is 4.74 Å². The molecular weight excluding hydrogens is 268 g/mol. The minimum atomic E-state index is 0.386. The molecule has 1 saturated heterocycles. The highest BCUT2D eigenvalue weighted by molar-refractivity contribution is 9.09. The van der Waals surface area contributed by atoms with Crippen LogP contribution in [0.25, 0.3) is 0 Å². The molecule has 0 spiro atoms. The summed E-state index contributed by atoms with van der Waals surface area (Å²) in [6.45, 7) is 9.77. The second kappa shape index (κ2) is 7.64. The van der Waals surface area contributed by atoms with Gasteiger partial charge in [-0.05, 0) is 33.9 Å². The number of hydrogen-bond donors (Lipinski definition) is 0. The third kappa shape index (κ3) is 5.13. The molecule has 0 radical (unpaired) electrons. The molecule has 1 aliphatic heterocycles. The zero-order valence-electron chi connectivity index (χ0n) is 10.8. The van der Waals surface area contributed by atoms with Crippen molar-refractivity contribution in [3.8, 4) is 0 Å². The first kappa shape index (κ1) is 14.4. The van der Waals surface area contributed by atoms with Gasteiger partial charge in [-0.2, -0.15) is 0 Å². The Bertz CT molecular complexity index is 190. The first-order valence-electron chi connectivity index (χ1n) is 6.23. The van der Waals surface area contributed by atoms with Gasteiger partial charge in [0, 0.05) is 31.0 Å². The van der Waals surface area contributed by atoms with Crippen molar-refractivity contribution >= 4 is 15.9 Å². The van der Waals surface area contributed by atoms with Crippen molar-refractivity contribution in [2.75, 3.05) is 45.2 Å². The molecule has 0 bridgehead atoms. The number of morpholine rings is 1. The summed E-state index contributed by atoms with van der Waals surface area (Å²) in [4.78, 5) is 4.88. The Hall–Kier alpha value is 0.360. The predicted octanol–water partition coefficient (Wildman–Crippen LogP) is 1.81. The SMILES string of the molecule is CC(C)N(CCCBr)CC1CN(C)CCO1. The van der Waals surface area contributed by atoms with Gasteiger partial charge in [-0.15, -0.1) is 0 Å². The van der Waals surface area contributed by atoms with Gasteiger partial charge in [0.15, 0.2) is 0 Å². The fourth-order valence-electron chi connectivity index (χ4n) is 2.06. The van der Waals surface area contributed by atoms with Crippen LogP contribution in [0.4, 0.5) is 0 Å². The van der Waals surface area contributed by atoms with Crippen molar-refractivity contribution in [3.63, 3.8) is 0 Å². The lowest BCUT2D eigenvalue weighted by Gasteiger charge is -2.35. The van der Waals surface area contributed by atoms with Crippen molar-refractivity contribution in [2.45, 2.75) is 32.4 Å². The molecule has 1 unspecified atom stereocenters. The van der Waals surface area contributed by atoms with E-state index in [9.17, 15) is 0 Å². The standard InChI is InChI=1S/C12H25BrN2O/c1-11(2)15(6-4-5-13)10-12-9-14(3)7-8-16-12/h11-12H,4-10H2,1-3H3. The Morgan fingerprint density at radius 3 is 2.81 bits per heavy atom. The molecule has 0 aromatic heterocycles. The summed E-state index contributed by atoms with van der Waals surface area (Å²) >= 11 is 3.50. The van der Waals surface area contributed by atoms with Crippen LogP contribution in [0.3, 0.4) is 0 Å². The van der Waals surface area contributed by atoms with Gasteiger partial charge in [0.25, 0.3) is 0 Å². The molecule has 16 heavy (non-hydrogen) atoms. The second-order valence-electron chi connectivity index (χ2n) is 4.89. The van der Waals surface area contributed by atoms with Gasteiger partial charge in [-0.1, -0.05) is 15.9 Å². The van der Waals surface area contributed by atoms with Crippen LogP contribution in [0, 0.1) is 0 Å². The molecule has 0 N–H and O–H groups in total. The van der Waals surface area contributed by atoms with E-state index in [2.05, 4.69) is 46.6 Å². The number of halogens is 1. The Morgan fingerprint density at radius 1 is 1.50 bits per heavy atom. The van der Waals surface area contributed by atoms with Gasteiger partial charge < -0.3 is 9.64 Å². The molecule has 1 atom stereocenters. The molecule has 0 amide bonds. The summed E-state index contributed by atoms with van der Waals surface area (Å²) in [5, 5.41) is 1.08. The third-order valence-corrected chi connectivity index (χ3v) is 3.65. The van der Waals surface area contributed by atoms with Crippen LogP contribution in [-0.2, 0) is 4.74 Å². The average molecular weight is 293 g/mol. The predicted molar refractivity (Wildman–Crippen MR) is 72.4 cm³/mol. The molecule has 0 aromatic rings. The summed E-state index contributed by atoms with van der Waals surface area (Å²) in [5.74, 6) is 0. The lowest BCUT2D eigenvalue weighted by Crippen LogP contribution is -2.47. The molecule has 4 heteroatoms. The minimum Gasteiger partial charge on any atom is -0.374 e. The zero-order chi connectivity index (χ0) is 12.0. The van der Waals surface area contributed by atoms with E-state index in [1.54, 1.807) is 0 Å². The van der Waals surface area contributed by atoms with E-state index in [4.69, 9.17) is 4.74 Å². The lowest BCUT2D eigenvalue weighted by atomic mass is 10.2. The van der Waals surface area contributed by atoms with Crippen LogP contribution in [0.15, 0.2) is 0 Å². The number of ether oxygens (including phenoxy) is 1. The molecule has 1 heterocycles. The lowest BCUT2D eigenvalue weighted by molar-refractivity contribution is -0.0394. The van der Waals surface area contributed by atoms with E-state index in [-0.39, 0.29) is 0 Å². The maximum Gasteiger partial charge on any atom is 0.0829 e. The van der Waals surface area contributed by atoms with Crippen LogP contribution in [-0.4, -0.2) is 67.1 Å². The average Bonchev–Trinajstić information content (AvgIpc) is 2.24. The van der Waals surface area contributed by atoms with Gasteiger partial charge in [0.1, 0.15) is 0 Å². The second-order valence-corrected chi connectivity index (χ2v) is 5.68. The molecule has 0 aromatic carbocycles. The molecule has 1 rings (SSSR count). The molecule has 1 aliphatic rings. The van der Waals surface area contributed by atoms with E-state index in [0.717, 1.165) is 38.1 Å². The Labute approximate surface area is 108 Å². The first-order chi connectivity index (χ1) is 7.63. The molecule has 1 fully saturated rings. The van der Waals surface area contributed by atoms with Gasteiger partial charge >= 0.3 is 0 Å². The summed E-state index contributed by atoms with van der Waals surface area (Å²) < 4.78 is 5.81. The Morgan fingerprint density at radius 2 is 2.25 bits per heavy atom. The maximum atomic E-state index is 5.81. The Kier molecular flexibility index (Phi) is 6.89. The number of alkyl halides is 1. The van der Waals surface area contributed by atoms with Crippen molar-refractivity contribution in [3.05, 3.63) is 0 Å². The number of rotatable bonds is 6. The van der Waals surface area contributed by atoms with Crippen LogP contribution < -0.4 is 0 Å². The quantitative estimate of drug-likeness (QED) is 0.695. The van der Waals surface area contributed by atoms with Crippen molar-refractivity contribution in [1.29, 1.82) is 0 Å². The van der Waals surface area contributed by atoms with E-state index >= 15 is 0 Å². The van der Waals surface area contributed by atoms with E-state index in [0.29, 0.717) is 12.1 Å². The Balaban J connectivity index is 2.34. The summed E-state index contributed by atoms with van der Waals surface area (Å²) in [5.41, 5.74) is 0. The van der Waals surface area contributed by atoms with Crippen LogP contribution in [0.1, 0.15) is 20.3 Å².